The molecule has 2 N–H and O–H groups in total. The molecule has 1 atom stereocenters. The van der Waals surface area contributed by atoms with Crippen LogP contribution < -0.4 is 10.6 Å². The number of anilines is 1. The largest absolute Gasteiger partial charge is 0.350 e. The molecular weight excluding hydrogens is 428 g/mol. The van der Waals surface area contributed by atoms with E-state index < -0.39 is 5.92 Å². The van der Waals surface area contributed by atoms with E-state index in [1.807, 2.05) is 30.5 Å². The molecule has 1 fully saturated rings. The van der Waals surface area contributed by atoms with Crippen molar-refractivity contribution in [3.05, 3.63) is 63.9 Å². The molecule has 0 amide bonds. The highest BCUT2D eigenvalue weighted by atomic mass is 32.1. The summed E-state index contributed by atoms with van der Waals surface area (Å²) in [6, 6.07) is 6.37. The van der Waals surface area contributed by atoms with Gasteiger partial charge in [0, 0.05) is 42.2 Å². The van der Waals surface area contributed by atoms with Crippen LogP contribution in [0.25, 0.3) is 16.7 Å². The third-order valence-corrected chi connectivity index (χ3v) is 6.85. The highest BCUT2D eigenvalue weighted by Gasteiger charge is 2.32. The molecule has 0 unspecified atom stereocenters. The number of fused-ring (bicyclic) bond motifs is 1. The molecule has 1 aliphatic heterocycles. The Bertz CT molecular complexity index is 1180. The van der Waals surface area contributed by atoms with Crippen LogP contribution in [0.1, 0.15) is 47.8 Å². The highest BCUT2D eigenvalue weighted by Crippen LogP contribution is 2.40. The zero-order chi connectivity index (χ0) is 22.3. The van der Waals surface area contributed by atoms with Gasteiger partial charge in [-0.3, -0.25) is 0 Å². The molecular formula is C24H25F2N5S. The molecule has 3 aromatic rings. The highest BCUT2D eigenvalue weighted by molar-refractivity contribution is 7.04. The summed E-state index contributed by atoms with van der Waals surface area (Å²) in [6.07, 6.45) is 6.02. The number of benzene rings is 1. The summed E-state index contributed by atoms with van der Waals surface area (Å²) in [7, 11) is 0. The topological polar surface area (TPSA) is 62.7 Å². The molecule has 1 aliphatic carbocycles. The van der Waals surface area contributed by atoms with Crippen molar-refractivity contribution in [2.24, 2.45) is 0 Å². The van der Waals surface area contributed by atoms with Crippen molar-refractivity contribution in [2.45, 2.75) is 45.1 Å². The Morgan fingerprint density at radius 3 is 2.84 bits per heavy atom. The van der Waals surface area contributed by atoms with E-state index in [9.17, 15) is 8.78 Å². The van der Waals surface area contributed by atoms with Crippen molar-refractivity contribution in [1.82, 2.24) is 19.7 Å². The Labute approximate surface area is 190 Å². The number of piperidine rings is 1. The first-order valence-electron chi connectivity index (χ1n) is 10.9. The summed E-state index contributed by atoms with van der Waals surface area (Å²) in [4.78, 5) is 8.82. The van der Waals surface area contributed by atoms with Crippen LogP contribution in [0, 0.1) is 6.92 Å². The van der Waals surface area contributed by atoms with Gasteiger partial charge in [-0.25, -0.2) is 18.7 Å². The zero-order valence-corrected chi connectivity index (χ0v) is 18.9. The van der Waals surface area contributed by atoms with E-state index in [1.165, 1.54) is 17.7 Å². The number of hydrogen-bond donors (Lipinski definition) is 2. The molecule has 0 bridgehead atoms. The number of aromatic nitrogens is 3. The van der Waals surface area contributed by atoms with Gasteiger partial charge in [-0.15, -0.1) is 0 Å². The van der Waals surface area contributed by atoms with E-state index in [-0.39, 0.29) is 11.6 Å². The van der Waals surface area contributed by atoms with Crippen LogP contribution in [0.2, 0.25) is 0 Å². The lowest BCUT2D eigenvalue weighted by molar-refractivity contribution is 0.0165. The van der Waals surface area contributed by atoms with Gasteiger partial charge in [0.25, 0.3) is 5.92 Å². The van der Waals surface area contributed by atoms with E-state index in [0.29, 0.717) is 18.1 Å². The molecule has 32 heavy (non-hydrogen) atoms. The molecule has 5 nitrogen and oxygen atoms in total. The minimum atomic E-state index is -3.04. The zero-order valence-electron chi connectivity index (χ0n) is 18.1. The minimum absolute atomic E-state index is 0.147. The van der Waals surface area contributed by atoms with Crippen LogP contribution in [0.3, 0.4) is 0 Å². The Morgan fingerprint density at radius 1 is 1.25 bits per heavy atom. The molecule has 5 rings (SSSR count). The van der Waals surface area contributed by atoms with Crippen LogP contribution in [0.15, 0.2) is 35.9 Å². The molecule has 3 heterocycles. The van der Waals surface area contributed by atoms with Gasteiger partial charge in [-0.1, -0.05) is 24.3 Å². The van der Waals surface area contributed by atoms with Gasteiger partial charge in [0.05, 0.1) is 17.0 Å². The molecule has 1 saturated heterocycles. The first-order chi connectivity index (χ1) is 15.4. The van der Waals surface area contributed by atoms with Gasteiger partial charge in [0.15, 0.2) is 0 Å². The lowest BCUT2D eigenvalue weighted by atomic mass is 9.95. The summed E-state index contributed by atoms with van der Waals surface area (Å²) in [5.41, 5.74) is 6.17. The molecule has 2 aliphatic rings. The second-order valence-corrected chi connectivity index (χ2v) is 9.17. The average molecular weight is 454 g/mol. The maximum Gasteiger partial charge on any atom is 0.274 e. The van der Waals surface area contributed by atoms with Gasteiger partial charge in [-0.05, 0) is 61.0 Å². The number of nitrogens with zero attached hydrogens (tertiary/aromatic N) is 3. The van der Waals surface area contributed by atoms with Crippen LogP contribution >= 0.6 is 11.5 Å². The second-order valence-electron chi connectivity index (χ2n) is 8.54. The number of hydrogen-bond acceptors (Lipinski definition) is 6. The summed E-state index contributed by atoms with van der Waals surface area (Å²) in [6.45, 7) is 4.71. The van der Waals surface area contributed by atoms with E-state index in [1.54, 1.807) is 0 Å². The van der Waals surface area contributed by atoms with Crippen molar-refractivity contribution in [1.29, 1.82) is 0 Å². The van der Waals surface area contributed by atoms with Crippen molar-refractivity contribution in [3.63, 3.8) is 0 Å². The number of allylic oxidation sites excluding steroid dienone is 1. The number of halogens is 2. The Kier molecular flexibility index (Phi) is 5.51. The molecule has 1 aromatic carbocycles. The molecule has 0 radical (unpaired) electrons. The average Bonchev–Trinajstić information content (AvgIpc) is 3.39. The summed E-state index contributed by atoms with van der Waals surface area (Å²) < 4.78 is 33.3. The second kappa shape index (κ2) is 8.33. The number of rotatable bonds is 5. The minimum Gasteiger partial charge on any atom is -0.350 e. The maximum absolute atomic E-state index is 14.5. The predicted molar refractivity (Wildman–Crippen MR) is 124 cm³/mol. The van der Waals surface area contributed by atoms with Crippen molar-refractivity contribution < 1.29 is 8.78 Å². The summed E-state index contributed by atoms with van der Waals surface area (Å²) >= 11 is 1.44. The number of alkyl halides is 2. The fraction of sp³-hybridized carbons (Fsp3) is 0.375. The number of aryl methyl sites for hydroxylation is 1. The van der Waals surface area contributed by atoms with E-state index in [0.717, 1.165) is 66.4 Å². The van der Waals surface area contributed by atoms with Gasteiger partial charge >= 0.3 is 0 Å². The lowest BCUT2D eigenvalue weighted by Crippen LogP contribution is -2.38. The van der Waals surface area contributed by atoms with Gasteiger partial charge in [0.1, 0.15) is 0 Å². The maximum atomic E-state index is 14.5. The molecule has 0 saturated carbocycles. The summed E-state index contributed by atoms with van der Waals surface area (Å²) in [5, 5.41) is 8.70. The standard InChI is InChI=1S/C24H25F2N5S/c1-14-20(13-32-31-14)16-5-7-18-15(10-16)6-8-19(18)22-21(24(2,25)26)12-28-23(30-22)29-17-4-3-9-27-11-17/h5,7-8,10,12-13,17,27H,3-4,6,9,11H2,1-2H3,(H,28,29,30)/t17-/m0/s1. The van der Waals surface area contributed by atoms with Crippen LogP contribution in [0.4, 0.5) is 14.7 Å². The van der Waals surface area contributed by atoms with Gasteiger partial charge < -0.3 is 10.6 Å². The third kappa shape index (κ3) is 4.04. The van der Waals surface area contributed by atoms with E-state index >= 15 is 0 Å². The Hall–Kier alpha value is -2.71. The Morgan fingerprint density at radius 2 is 2.12 bits per heavy atom. The fourth-order valence-corrected chi connectivity index (χ4v) is 5.17. The quantitative estimate of drug-likeness (QED) is 0.558. The molecule has 2 aromatic heterocycles. The number of nitrogens with one attached hydrogen (secondary N) is 2. The lowest BCUT2D eigenvalue weighted by Gasteiger charge is -2.24. The predicted octanol–water partition coefficient (Wildman–Crippen LogP) is 5.17. The molecule has 8 heteroatoms. The van der Waals surface area contributed by atoms with Gasteiger partial charge in [0.2, 0.25) is 5.95 Å². The van der Waals surface area contributed by atoms with Crippen LogP contribution in [0.5, 0.6) is 0 Å². The summed E-state index contributed by atoms with van der Waals surface area (Å²) in [5.74, 6) is -2.64. The van der Waals surface area contributed by atoms with Crippen molar-refractivity contribution in [2.75, 3.05) is 18.4 Å². The van der Waals surface area contributed by atoms with E-state index in [2.05, 4.69) is 31.0 Å². The van der Waals surface area contributed by atoms with Crippen molar-refractivity contribution in [3.8, 4) is 11.1 Å². The van der Waals surface area contributed by atoms with Crippen LogP contribution in [-0.2, 0) is 12.3 Å². The molecule has 0 spiro atoms. The van der Waals surface area contributed by atoms with Crippen molar-refractivity contribution >= 4 is 23.1 Å². The smallest absolute Gasteiger partial charge is 0.274 e. The third-order valence-electron chi connectivity index (χ3n) is 6.13. The monoisotopic (exact) mass is 453 g/mol. The van der Waals surface area contributed by atoms with Crippen LogP contribution in [-0.4, -0.2) is 33.5 Å². The SMILES string of the molecule is Cc1nscc1-c1ccc2c(c1)CC=C2c1nc(N[C@H]2CCCNC2)ncc1C(C)(F)F. The Balaban J connectivity index is 1.51. The van der Waals surface area contributed by atoms with E-state index in [4.69, 9.17) is 0 Å². The fourth-order valence-electron chi connectivity index (χ4n) is 4.44. The normalized spacial score (nSPS) is 18.4. The first kappa shape index (κ1) is 21.2. The van der Waals surface area contributed by atoms with Gasteiger partial charge in [-0.2, -0.15) is 4.37 Å². The first-order valence-corrected chi connectivity index (χ1v) is 11.7. The molecule has 166 valence electrons.